The van der Waals surface area contributed by atoms with Crippen molar-refractivity contribution in [2.45, 2.75) is 6.61 Å². The van der Waals surface area contributed by atoms with Crippen molar-refractivity contribution < 1.29 is 13.5 Å². The molecule has 0 unspecified atom stereocenters. The fraction of sp³-hybridized carbons (Fsp3) is 0.0769. The van der Waals surface area contributed by atoms with E-state index in [0.29, 0.717) is 5.69 Å². The summed E-state index contributed by atoms with van der Waals surface area (Å²) in [7, 11) is 0. The normalized spacial score (nSPS) is 10.4. The van der Waals surface area contributed by atoms with Gasteiger partial charge in [-0.15, -0.1) is 0 Å². The second-order valence-corrected chi connectivity index (χ2v) is 4.67. The molecule has 0 atom stereocenters. The Morgan fingerprint density at radius 1 is 1.11 bits per heavy atom. The van der Waals surface area contributed by atoms with E-state index >= 15 is 0 Å². The second-order valence-electron chi connectivity index (χ2n) is 3.76. The summed E-state index contributed by atoms with van der Waals surface area (Å²) in [5.74, 6) is -1.26. The molecule has 2 rings (SSSR count). The maximum absolute atomic E-state index is 13.3. The number of rotatable bonds is 3. The molecule has 0 spiro atoms. The number of ether oxygens (including phenoxy) is 1. The van der Waals surface area contributed by atoms with Gasteiger partial charge in [0.2, 0.25) is 0 Å². The predicted octanol–water partition coefficient (Wildman–Crippen LogP) is 3.89. The van der Waals surface area contributed by atoms with Crippen molar-refractivity contribution in [1.29, 1.82) is 0 Å². The molecule has 0 saturated heterocycles. The first-order valence-electron chi connectivity index (χ1n) is 5.17. The molecule has 0 bridgehead atoms. The third kappa shape index (κ3) is 3.20. The highest BCUT2D eigenvalue weighted by Crippen LogP contribution is 2.22. The minimum absolute atomic E-state index is 0.115. The van der Waals surface area contributed by atoms with Crippen molar-refractivity contribution in [2.75, 3.05) is 5.73 Å². The monoisotopic (exact) mass is 313 g/mol. The zero-order chi connectivity index (χ0) is 13.1. The van der Waals surface area contributed by atoms with Crippen molar-refractivity contribution in [2.24, 2.45) is 0 Å². The molecule has 2 N–H and O–H groups in total. The van der Waals surface area contributed by atoms with Crippen molar-refractivity contribution >= 4 is 21.6 Å². The summed E-state index contributed by atoms with van der Waals surface area (Å²) >= 11 is 3.30. The molecule has 0 saturated carbocycles. The van der Waals surface area contributed by atoms with E-state index in [-0.39, 0.29) is 12.4 Å². The Morgan fingerprint density at radius 3 is 2.61 bits per heavy atom. The van der Waals surface area contributed by atoms with Crippen LogP contribution in [0.5, 0.6) is 5.75 Å². The zero-order valence-corrected chi connectivity index (χ0v) is 10.9. The van der Waals surface area contributed by atoms with E-state index in [1.54, 1.807) is 18.2 Å². The molecule has 0 aliphatic carbocycles. The molecule has 94 valence electrons. The molecule has 0 aliphatic rings. The predicted molar refractivity (Wildman–Crippen MR) is 69.2 cm³/mol. The number of halogens is 3. The minimum Gasteiger partial charge on any atom is -0.486 e. The summed E-state index contributed by atoms with van der Waals surface area (Å²) in [6.07, 6.45) is 0. The van der Waals surface area contributed by atoms with Crippen LogP contribution in [0.25, 0.3) is 0 Å². The molecule has 2 aromatic rings. The standard InChI is InChI=1S/C13H10BrF2NO/c14-9-3-8(4-11(17)5-9)7-18-13-6-10(15)1-2-12(13)16/h1-6H,7,17H2. The highest BCUT2D eigenvalue weighted by molar-refractivity contribution is 9.10. The minimum atomic E-state index is -0.598. The van der Waals surface area contributed by atoms with Crippen molar-refractivity contribution in [3.8, 4) is 5.75 Å². The quantitative estimate of drug-likeness (QED) is 0.873. The molecule has 0 aromatic heterocycles. The van der Waals surface area contributed by atoms with Gasteiger partial charge in [0.15, 0.2) is 11.6 Å². The lowest BCUT2D eigenvalue weighted by atomic mass is 10.2. The fourth-order valence-corrected chi connectivity index (χ4v) is 2.07. The summed E-state index contributed by atoms with van der Waals surface area (Å²) in [4.78, 5) is 0. The van der Waals surface area contributed by atoms with Crippen LogP contribution in [0, 0.1) is 11.6 Å². The average Bonchev–Trinajstić information content (AvgIpc) is 2.29. The molecule has 0 amide bonds. The molecule has 2 aromatic carbocycles. The second kappa shape index (κ2) is 5.35. The molecular formula is C13H10BrF2NO. The van der Waals surface area contributed by atoms with Crippen LogP contribution in [0.15, 0.2) is 40.9 Å². The lowest BCUT2D eigenvalue weighted by molar-refractivity contribution is 0.288. The van der Waals surface area contributed by atoms with Crippen LogP contribution in [0.4, 0.5) is 14.5 Å². The lowest BCUT2D eigenvalue weighted by Crippen LogP contribution is -1.99. The van der Waals surface area contributed by atoms with E-state index in [9.17, 15) is 8.78 Å². The Kier molecular flexibility index (Phi) is 3.81. The van der Waals surface area contributed by atoms with Crippen LogP contribution < -0.4 is 10.5 Å². The van der Waals surface area contributed by atoms with Crippen LogP contribution >= 0.6 is 15.9 Å². The van der Waals surface area contributed by atoms with Gasteiger partial charge in [0.25, 0.3) is 0 Å². The number of anilines is 1. The first-order chi connectivity index (χ1) is 8.54. The van der Waals surface area contributed by atoms with E-state index in [1.807, 2.05) is 0 Å². The first kappa shape index (κ1) is 12.8. The van der Waals surface area contributed by atoms with E-state index in [0.717, 1.165) is 28.2 Å². The average molecular weight is 314 g/mol. The largest absolute Gasteiger partial charge is 0.486 e. The van der Waals surface area contributed by atoms with Crippen LogP contribution in [-0.2, 0) is 6.61 Å². The summed E-state index contributed by atoms with van der Waals surface area (Å²) < 4.78 is 32.3. The number of hydrogen-bond acceptors (Lipinski definition) is 2. The topological polar surface area (TPSA) is 35.2 Å². The summed E-state index contributed by atoms with van der Waals surface area (Å²) in [6.45, 7) is 0.115. The van der Waals surface area contributed by atoms with Crippen molar-refractivity contribution in [1.82, 2.24) is 0 Å². The zero-order valence-electron chi connectivity index (χ0n) is 9.29. The van der Waals surface area contributed by atoms with E-state index in [4.69, 9.17) is 10.5 Å². The molecule has 18 heavy (non-hydrogen) atoms. The van der Waals surface area contributed by atoms with Gasteiger partial charge >= 0.3 is 0 Å². The molecule has 0 aliphatic heterocycles. The van der Waals surface area contributed by atoms with E-state index < -0.39 is 11.6 Å². The van der Waals surface area contributed by atoms with Gasteiger partial charge in [-0.2, -0.15) is 0 Å². The number of nitrogen functional groups attached to an aromatic ring is 1. The molecule has 5 heteroatoms. The van der Waals surface area contributed by atoms with E-state index in [2.05, 4.69) is 15.9 Å². The van der Waals surface area contributed by atoms with Gasteiger partial charge in [-0.1, -0.05) is 15.9 Å². The smallest absolute Gasteiger partial charge is 0.165 e. The van der Waals surface area contributed by atoms with Crippen LogP contribution in [0.1, 0.15) is 5.56 Å². The number of hydrogen-bond donors (Lipinski definition) is 1. The van der Waals surface area contributed by atoms with Crippen LogP contribution in [-0.4, -0.2) is 0 Å². The number of benzene rings is 2. The Labute approximate surface area is 112 Å². The summed E-state index contributed by atoms with van der Waals surface area (Å²) in [5, 5.41) is 0. The fourth-order valence-electron chi connectivity index (χ4n) is 1.51. The van der Waals surface area contributed by atoms with Gasteiger partial charge in [0, 0.05) is 16.2 Å². The highest BCUT2D eigenvalue weighted by Gasteiger charge is 2.06. The molecule has 0 radical (unpaired) electrons. The number of nitrogens with two attached hydrogens (primary N) is 1. The highest BCUT2D eigenvalue weighted by atomic mass is 79.9. The van der Waals surface area contributed by atoms with E-state index in [1.165, 1.54) is 0 Å². The van der Waals surface area contributed by atoms with Gasteiger partial charge in [0.05, 0.1) is 0 Å². The molecule has 0 fully saturated rings. The van der Waals surface area contributed by atoms with Gasteiger partial charge in [-0.05, 0) is 35.9 Å². The van der Waals surface area contributed by atoms with Crippen molar-refractivity contribution in [3.05, 3.63) is 58.1 Å². The SMILES string of the molecule is Nc1cc(Br)cc(COc2cc(F)ccc2F)c1. The van der Waals surface area contributed by atoms with Gasteiger partial charge in [0.1, 0.15) is 12.4 Å². The lowest BCUT2D eigenvalue weighted by Gasteiger charge is -2.08. The van der Waals surface area contributed by atoms with Gasteiger partial charge < -0.3 is 10.5 Å². The Morgan fingerprint density at radius 2 is 1.89 bits per heavy atom. The van der Waals surface area contributed by atoms with Crippen LogP contribution in [0.2, 0.25) is 0 Å². The molecule has 0 heterocycles. The maximum atomic E-state index is 13.3. The van der Waals surface area contributed by atoms with Crippen LogP contribution in [0.3, 0.4) is 0 Å². The summed E-state index contributed by atoms with van der Waals surface area (Å²) in [5.41, 5.74) is 7.00. The first-order valence-corrected chi connectivity index (χ1v) is 5.97. The summed E-state index contributed by atoms with van der Waals surface area (Å²) in [6, 6.07) is 8.33. The Hall–Kier alpha value is -1.62. The maximum Gasteiger partial charge on any atom is 0.165 e. The van der Waals surface area contributed by atoms with Crippen molar-refractivity contribution in [3.63, 3.8) is 0 Å². The third-order valence-electron chi connectivity index (χ3n) is 2.27. The molecule has 2 nitrogen and oxygen atoms in total. The Balaban J connectivity index is 2.13. The molecular weight excluding hydrogens is 304 g/mol. The third-order valence-corrected chi connectivity index (χ3v) is 2.73. The Bertz CT molecular complexity index is 555. The van der Waals surface area contributed by atoms with Gasteiger partial charge in [-0.3, -0.25) is 0 Å². The van der Waals surface area contributed by atoms with Gasteiger partial charge in [-0.25, -0.2) is 8.78 Å².